The Morgan fingerprint density at radius 2 is 2.08 bits per heavy atom. The fraction of sp³-hybridized carbons (Fsp3) is 0.167. The molecule has 2 aromatic carbocycles. The van der Waals surface area contributed by atoms with Gasteiger partial charge in [0.1, 0.15) is 0 Å². The molecular formula is C18H15BrN2O3. The maximum absolute atomic E-state index is 12.7. The van der Waals surface area contributed by atoms with Crippen molar-refractivity contribution >= 4 is 32.8 Å². The summed E-state index contributed by atoms with van der Waals surface area (Å²) in [6.07, 6.45) is 1.52. The van der Waals surface area contributed by atoms with Crippen molar-refractivity contribution in [2.45, 2.75) is 13.5 Å². The molecule has 0 saturated heterocycles. The smallest absolute Gasteiger partial charge is 0.338 e. The summed E-state index contributed by atoms with van der Waals surface area (Å²) in [4.78, 5) is 28.9. The van der Waals surface area contributed by atoms with Crippen LogP contribution in [-0.2, 0) is 11.3 Å². The molecule has 0 saturated carbocycles. The molecule has 0 amide bonds. The van der Waals surface area contributed by atoms with Crippen LogP contribution in [0.3, 0.4) is 0 Å². The maximum Gasteiger partial charge on any atom is 0.338 e. The summed E-state index contributed by atoms with van der Waals surface area (Å²) in [7, 11) is 0. The van der Waals surface area contributed by atoms with Crippen LogP contribution in [-0.4, -0.2) is 22.1 Å². The van der Waals surface area contributed by atoms with E-state index in [4.69, 9.17) is 4.74 Å². The highest BCUT2D eigenvalue weighted by atomic mass is 79.9. The van der Waals surface area contributed by atoms with E-state index < -0.39 is 5.97 Å². The van der Waals surface area contributed by atoms with Gasteiger partial charge in [0, 0.05) is 4.47 Å². The maximum atomic E-state index is 12.7. The van der Waals surface area contributed by atoms with E-state index in [-0.39, 0.29) is 12.2 Å². The molecule has 122 valence electrons. The molecule has 0 fully saturated rings. The number of esters is 1. The van der Waals surface area contributed by atoms with Gasteiger partial charge in [0.05, 0.1) is 35.9 Å². The highest BCUT2D eigenvalue weighted by molar-refractivity contribution is 9.10. The van der Waals surface area contributed by atoms with Gasteiger partial charge in [-0.15, -0.1) is 0 Å². The molecule has 0 N–H and O–H groups in total. The second kappa shape index (κ2) is 6.97. The van der Waals surface area contributed by atoms with Crippen LogP contribution in [0.15, 0.2) is 58.1 Å². The molecular weight excluding hydrogens is 372 g/mol. The van der Waals surface area contributed by atoms with E-state index in [1.54, 1.807) is 25.1 Å². The molecule has 0 aliphatic carbocycles. The van der Waals surface area contributed by atoms with Crippen molar-refractivity contribution in [3.8, 4) is 0 Å². The second-order valence-corrected chi connectivity index (χ2v) is 6.18. The van der Waals surface area contributed by atoms with Crippen LogP contribution in [0, 0.1) is 0 Å². The van der Waals surface area contributed by atoms with Gasteiger partial charge in [0.15, 0.2) is 0 Å². The van der Waals surface area contributed by atoms with Gasteiger partial charge in [-0.2, -0.15) is 0 Å². The van der Waals surface area contributed by atoms with Gasteiger partial charge in [-0.3, -0.25) is 9.36 Å². The molecule has 24 heavy (non-hydrogen) atoms. The van der Waals surface area contributed by atoms with Crippen LogP contribution in [0.4, 0.5) is 0 Å². The summed E-state index contributed by atoms with van der Waals surface area (Å²) in [6, 6.07) is 12.5. The van der Waals surface area contributed by atoms with E-state index >= 15 is 0 Å². The van der Waals surface area contributed by atoms with Crippen molar-refractivity contribution in [2.75, 3.05) is 6.61 Å². The number of nitrogens with zero attached hydrogens (tertiary/aromatic N) is 2. The largest absolute Gasteiger partial charge is 0.462 e. The van der Waals surface area contributed by atoms with E-state index in [9.17, 15) is 9.59 Å². The summed E-state index contributed by atoms with van der Waals surface area (Å²) in [5.41, 5.74) is 1.70. The van der Waals surface area contributed by atoms with Crippen molar-refractivity contribution in [3.05, 3.63) is 74.7 Å². The molecule has 3 aromatic rings. The lowest BCUT2D eigenvalue weighted by atomic mass is 10.1. The molecule has 0 aliphatic rings. The van der Waals surface area contributed by atoms with Gasteiger partial charge < -0.3 is 4.74 Å². The Hall–Kier alpha value is -2.47. The van der Waals surface area contributed by atoms with Gasteiger partial charge in [0.2, 0.25) is 0 Å². The summed E-state index contributed by atoms with van der Waals surface area (Å²) in [5, 5.41) is 0.401. The van der Waals surface area contributed by atoms with Crippen LogP contribution in [0.1, 0.15) is 22.8 Å². The molecule has 1 heterocycles. The average Bonchev–Trinajstić information content (AvgIpc) is 2.57. The lowest BCUT2D eigenvalue weighted by Crippen LogP contribution is -2.21. The first kappa shape index (κ1) is 16.4. The molecule has 0 bridgehead atoms. The molecule has 0 aliphatic heterocycles. The van der Waals surface area contributed by atoms with Crippen LogP contribution >= 0.6 is 15.9 Å². The van der Waals surface area contributed by atoms with Crippen LogP contribution < -0.4 is 5.56 Å². The SMILES string of the molecule is CCOC(=O)c1ccc2ncn(Cc3cccc(Br)c3)c(=O)c2c1. The van der Waals surface area contributed by atoms with Crippen LogP contribution in [0.5, 0.6) is 0 Å². The molecule has 1 aromatic heterocycles. The van der Waals surface area contributed by atoms with Gasteiger partial charge in [-0.05, 0) is 42.8 Å². The number of carbonyl (C=O) groups is 1. The minimum Gasteiger partial charge on any atom is -0.462 e. The van der Waals surface area contributed by atoms with Crippen LogP contribution in [0.2, 0.25) is 0 Å². The van der Waals surface area contributed by atoms with E-state index in [0.717, 1.165) is 10.0 Å². The number of fused-ring (bicyclic) bond motifs is 1. The zero-order valence-corrected chi connectivity index (χ0v) is 14.6. The quantitative estimate of drug-likeness (QED) is 0.644. The third-order valence-corrected chi connectivity index (χ3v) is 4.07. The lowest BCUT2D eigenvalue weighted by molar-refractivity contribution is 0.0526. The third-order valence-electron chi connectivity index (χ3n) is 3.58. The minimum absolute atomic E-state index is 0.189. The summed E-state index contributed by atoms with van der Waals surface area (Å²) >= 11 is 3.42. The Morgan fingerprint density at radius 1 is 1.25 bits per heavy atom. The fourth-order valence-corrected chi connectivity index (χ4v) is 2.89. The van der Waals surface area contributed by atoms with E-state index in [1.165, 1.54) is 10.9 Å². The predicted molar refractivity (Wildman–Crippen MR) is 95.2 cm³/mol. The van der Waals surface area contributed by atoms with Gasteiger partial charge in [-0.25, -0.2) is 9.78 Å². The number of halogens is 1. The van der Waals surface area contributed by atoms with Crippen molar-refractivity contribution in [2.24, 2.45) is 0 Å². The summed E-state index contributed by atoms with van der Waals surface area (Å²) in [6.45, 7) is 2.44. The minimum atomic E-state index is -0.443. The first-order valence-corrected chi connectivity index (χ1v) is 8.28. The Bertz CT molecular complexity index is 966. The zero-order valence-electron chi connectivity index (χ0n) is 13.0. The van der Waals surface area contributed by atoms with Crippen LogP contribution in [0.25, 0.3) is 10.9 Å². The topological polar surface area (TPSA) is 61.2 Å². The molecule has 0 spiro atoms. The Balaban J connectivity index is 2.02. The Morgan fingerprint density at radius 3 is 2.83 bits per heavy atom. The Kier molecular flexibility index (Phi) is 4.76. The average molecular weight is 387 g/mol. The predicted octanol–water partition coefficient (Wildman–Crippen LogP) is 3.38. The van der Waals surface area contributed by atoms with Crippen molar-refractivity contribution in [1.82, 2.24) is 9.55 Å². The highest BCUT2D eigenvalue weighted by Gasteiger charge is 2.11. The first-order chi connectivity index (χ1) is 11.6. The van der Waals surface area contributed by atoms with Gasteiger partial charge >= 0.3 is 5.97 Å². The zero-order chi connectivity index (χ0) is 17.1. The molecule has 5 nitrogen and oxygen atoms in total. The number of aromatic nitrogens is 2. The van der Waals surface area contributed by atoms with Crippen molar-refractivity contribution in [3.63, 3.8) is 0 Å². The van der Waals surface area contributed by atoms with E-state index in [0.29, 0.717) is 23.0 Å². The molecule has 3 rings (SSSR count). The third kappa shape index (κ3) is 3.38. The number of rotatable bonds is 4. The van der Waals surface area contributed by atoms with Gasteiger partial charge in [-0.1, -0.05) is 28.1 Å². The standard InChI is InChI=1S/C18H15BrN2O3/c1-2-24-18(23)13-6-7-16-15(9-13)17(22)21(11-20-16)10-12-4-3-5-14(19)8-12/h3-9,11H,2,10H2,1H3. The molecule has 0 radical (unpaired) electrons. The number of hydrogen-bond donors (Lipinski definition) is 0. The van der Waals surface area contributed by atoms with E-state index in [2.05, 4.69) is 20.9 Å². The second-order valence-electron chi connectivity index (χ2n) is 5.26. The van der Waals surface area contributed by atoms with Gasteiger partial charge in [0.25, 0.3) is 5.56 Å². The fourth-order valence-electron chi connectivity index (χ4n) is 2.45. The normalized spacial score (nSPS) is 10.8. The number of ether oxygens (including phenoxy) is 1. The summed E-state index contributed by atoms with van der Waals surface area (Å²) in [5.74, 6) is -0.443. The number of hydrogen-bond acceptors (Lipinski definition) is 4. The first-order valence-electron chi connectivity index (χ1n) is 7.49. The van der Waals surface area contributed by atoms with Crippen molar-refractivity contribution in [1.29, 1.82) is 0 Å². The number of carbonyl (C=O) groups excluding carboxylic acids is 1. The summed E-state index contributed by atoms with van der Waals surface area (Å²) < 4.78 is 7.46. The highest BCUT2D eigenvalue weighted by Crippen LogP contribution is 2.14. The monoisotopic (exact) mass is 386 g/mol. The number of benzene rings is 2. The van der Waals surface area contributed by atoms with Crippen molar-refractivity contribution < 1.29 is 9.53 Å². The Labute approximate surface area is 147 Å². The van der Waals surface area contributed by atoms with E-state index in [1.807, 2.05) is 24.3 Å². The molecule has 0 unspecified atom stereocenters. The molecule has 6 heteroatoms. The lowest BCUT2D eigenvalue weighted by Gasteiger charge is -2.08. The molecule has 0 atom stereocenters.